The number of rotatable bonds is 3. The summed E-state index contributed by atoms with van der Waals surface area (Å²) in [6, 6.07) is 15.8. The average Bonchev–Trinajstić information content (AvgIpc) is 3.02. The molecule has 0 aliphatic carbocycles. The van der Waals surface area contributed by atoms with Gasteiger partial charge in [0.1, 0.15) is 5.69 Å². The van der Waals surface area contributed by atoms with Gasteiger partial charge in [0.2, 0.25) is 0 Å². The number of fused-ring (bicyclic) bond motifs is 1. The number of hydrogen-bond acceptors (Lipinski definition) is 3. The topological polar surface area (TPSA) is 46.4 Å². The number of nitrogens with zero attached hydrogens (tertiary/aromatic N) is 2. The van der Waals surface area contributed by atoms with Crippen molar-refractivity contribution < 1.29 is 0 Å². The van der Waals surface area contributed by atoms with Gasteiger partial charge in [0.05, 0.1) is 5.52 Å². The number of aromatic nitrogens is 1. The third kappa shape index (κ3) is 2.47. The van der Waals surface area contributed by atoms with Gasteiger partial charge in [0, 0.05) is 29.4 Å². The fourth-order valence-corrected chi connectivity index (χ4v) is 3.19. The number of para-hydroxylation sites is 1. The molecule has 0 radical (unpaired) electrons. The minimum absolute atomic E-state index is 0.450. The monoisotopic (exact) mass is 303 g/mol. The second-order valence-electron chi connectivity index (χ2n) is 5.72. The van der Waals surface area contributed by atoms with Gasteiger partial charge < -0.3 is 9.88 Å². The van der Waals surface area contributed by atoms with E-state index in [2.05, 4.69) is 51.6 Å². The lowest BCUT2D eigenvalue weighted by Crippen LogP contribution is -2.19. The molecule has 4 rings (SSSR count). The highest BCUT2D eigenvalue weighted by molar-refractivity contribution is 5.94. The second kappa shape index (κ2) is 5.82. The Morgan fingerprint density at radius 1 is 1.04 bits per heavy atom. The molecule has 114 valence electrons. The van der Waals surface area contributed by atoms with Crippen LogP contribution >= 0.6 is 0 Å². The van der Waals surface area contributed by atoms with Crippen LogP contribution in [0.2, 0.25) is 0 Å². The van der Waals surface area contributed by atoms with Gasteiger partial charge in [-0.25, -0.2) is 0 Å². The second-order valence-corrected chi connectivity index (χ2v) is 5.72. The Balaban J connectivity index is 1.89. The van der Waals surface area contributed by atoms with Gasteiger partial charge in [-0.1, -0.05) is 24.3 Å². The van der Waals surface area contributed by atoms with Gasteiger partial charge in [0.15, 0.2) is 0 Å². The molecule has 0 amide bonds. The first kappa shape index (κ1) is 13.9. The van der Waals surface area contributed by atoms with Crippen LogP contribution in [-0.2, 0) is 0 Å². The van der Waals surface area contributed by atoms with Crippen molar-refractivity contribution >= 4 is 22.2 Å². The van der Waals surface area contributed by atoms with Crippen molar-refractivity contribution in [2.24, 2.45) is 5.18 Å². The SMILES string of the molecule is O=Nc1ccc(-n2cc(C3=CCNCC3)c3ccccc32)cc1. The van der Waals surface area contributed by atoms with Crippen molar-refractivity contribution in [1.29, 1.82) is 0 Å². The van der Waals surface area contributed by atoms with Crippen LogP contribution in [0.25, 0.3) is 22.2 Å². The molecule has 0 atom stereocenters. The minimum Gasteiger partial charge on any atom is -0.316 e. The van der Waals surface area contributed by atoms with E-state index in [0.29, 0.717) is 5.69 Å². The van der Waals surface area contributed by atoms with Crippen molar-refractivity contribution in [3.8, 4) is 5.69 Å². The van der Waals surface area contributed by atoms with Crippen molar-refractivity contribution in [3.05, 3.63) is 71.3 Å². The predicted octanol–water partition coefficient (Wildman–Crippen LogP) is 4.41. The summed E-state index contributed by atoms with van der Waals surface area (Å²) in [4.78, 5) is 10.6. The van der Waals surface area contributed by atoms with E-state index < -0.39 is 0 Å². The Kier molecular flexibility index (Phi) is 3.52. The summed E-state index contributed by atoms with van der Waals surface area (Å²) < 4.78 is 2.18. The van der Waals surface area contributed by atoms with Crippen LogP contribution in [0.15, 0.2) is 66.0 Å². The Hall–Kier alpha value is -2.72. The van der Waals surface area contributed by atoms with E-state index in [-0.39, 0.29) is 0 Å². The molecular weight excluding hydrogens is 286 g/mol. The van der Waals surface area contributed by atoms with E-state index in [9.17, 15) is 4.91 Å². The van der Waals surface area contributed by atoms with Crippen LogP contribution in [0.5, 0.6) is 0 Å². The van der Waals surface area contributed by atoms with Gasteiger partial charge in [-0.3, -0.25) is 0 Å². The fraction of sp³-hybridized carbons (Fsp3) is 0.158. The minimum atomic E-state index is 0.450. The summed E-state index contributed by atoms with van der Waals surface area (Å²) in [6.45, 7) is 1.94. The van der Waals surface area contributed by atoms with Crippen molar-refractivity contribution in [3.63, 3.8) is 0 Å². The average molecular weight is 303 g/mol. The van der Waals surface area contributed by atoms with Gasteiger partial charge in [-0.2, -0.15) is 0 Å². The van der Waals surface area contributed by atoms with Gasteiger partial charge in [-0.15, -0.1) is 4.91 Å². The lowest BCUT2D eigenvalue weighted by atomic mass is 10.00. The molecule has 1 N–H and O–H groups in total. The van der Waals surface area contributed by atoms with E-state index in [1.807, 2.05) is 12.1 Å². The van der Waals surface area contributed by atoms with Crippen LogP contribution in [0.1, 0.15) is 12.0 Å². The summed E-state index contributed by atoms with van der Waals surface area (Å²) in [6.07, 6.45) is 5.52. The Morgan fingerprint density at radius 3 is 2.61 bits per heavy atom. The molecular formula is C19H17N3O. The molecule has 0 bridgehead atoms. The van der Waals surface area contributed by atoms with Crippen LogP contribution in [0.3, 0.4) is 0 Å². The van der Waals surface area contributed by atoms with Gasteiger partial charge in [-0.05, 0) is 54.0 Å². The van der Waals surface area contributed by atoms with E-state index in [0.717, 1.165) is 25.2 Å². The van der Waals surface area contributed by atoms with Crippen LogP contribution in [0, 0.1) is 4.91 Å². The quantitative estimate of drug-likeness (QED) is 0.729. The normalized spacial score (nSPS) is 14.7. The molecule has 0 fully saturated rings. The third-order valence-electron chi connectivity index (χ3n) is 4.36. The predicted molar refractivity (Wildman–Crippen MR) is 94.2 cm³/mol. The van der Waals surface area contributed by atoms with Crippen molar-refractivity contribution in [1.82, 2.24) is 9.88 Å². The molecule has 2 aromatic carbocycles. The highest BCUT2D eigenvalue weighted by Gasteiger charge is 2.14. The fourth-order valence-electron chi connectivity index (χ4n) is 3.19. The third-order valence-corrected chi connectivity index (χ3v) is 4.36. The number of hydrogen-bond donors (Lipinski definition) is 1. The largest absolute Gasteiger partial charge is 0.316 e. The molecule has 2 heterocycles. The zero-order valence-electron chi connectivity index (χ0n) is 12.7. The molecule has 4 heteroatoms. The number of nitrogens with one attached hydrogen (secondary N) is 1. The maximum absolute atomic E-state index is 10.6. The van der Waals surface area contributed by atoms with Crippen molar-refractivity contribution in [2.75, 3.05) is 13.1 Å². The summed E-state index contributed by atoms with van der Waals surface area (Å²) in [5.41, 5.74) is 5.35. The van der Waals surface area contributed by atoms with E-state index in [1.165, 1.54) is 22.0 Å². The zero-order chi connectivity index (χ0) is 15.6. The highest BCUT2D eigenvalue weighted by Crippen LogP contribution is 2.32. The summed E-state index contributed by atoms with van der Waals surface area (Å²) in [5, 5.41) is 7.59. The number of nitroso groups, excluding NO2 is 1. The van der Waals surface area contributed by atoms with Crippen LogP contribution < -0.4 is 5.32 Å². The summed E-state index contributed by atoms with van der Waals surface area (Å²) in [7, 11) is 0. The molecule has 1 aliphatic heterocycles. The molecule has 1 aliphatic rings. The van der Waals surface area contributed by atoms with Crippen molar-refractivity contribution in [2.45, 2.75) is 6.42 Å². The zero-order valence-corrected chi connectivity index (χ0v) is 12.7. The maximum Gasteiger partial charge on any atom is 0.108 e. The number of benzene rings is 2. The smallest absolute Gasteiger partial charge is 0.108 e. The van der Waals surface area contributed by atoms with Gasteiger partial charge >= 0.3 is 0 Å². The van der Waals surface area contributed by atoms with E-state index >= 15 is 0 Å². The van der Waals surface area contributed by atoms with E-state index in [1.54, 1.807) is 12.1 Å². The molecule has 0 unspecified atom stereocenters. The summed E-state index contributed by atoms with van der Waals surface area (Å²) >= 11 is 0. The molecule has 1 aromatic heterocycles. The Bertz CT molecular complexity index is 891. The first-order valence-electron chi connectivity index (χ1n) is 7.81. The van der Waals surface area contributed by atoms with Gasteiger partial charge in [0.25, 0.3) is 0 Å². The maximum atomic E-state index is 10.6. The highest BCUT2D eigenvalue weighted by atomic mass is 16.3. The lowest BCUT2D eigenvalue weighted by Gasteiger charge is -2.13. The molecule has 4 nitrogen and oxygen atoms in total. The molecule has 0 saturated carbocycles. The van der Waals surface area contributed by atoms with E-state index in [4.69, 9.17) is 0 Å². The van der Waals surface area contributed by atoms with Crippen LogP contribution in [-0.4, -0.2) is 17.7 Å². The molecule has 3 aromatic rings. The standard InChI is InChI=1S/C19H17N3O/c23-21-15-5-7-16(8-6-15)22-13-18(14-9-11-20-12-10-14)17-3-1-2-4-19(17)22/h1-9,13,20H,10-12H2. The molecule has 23 heavy (non-hydrogen) atoms. The first-order valence-corrected chi connectivity index (χ1v) is 7.81. The Morgan fingerprint density at radius 2 is 1.87 bits per heavy atom. The lowest BCUT2D eigenvalue weighted by molar-refractivity contribution is 0.739. The summed E-state index contributed by atoms with van der Waals surface area (Å²) in [5.74, 6) is 0. The van der Waals surface area contributed by atoms with Crippen LogP contribution in [0.4, 0.5) is 5.69 Å². The molecule has 0 saturated heterocycles. The Labute approximate surface area is 134 Å². The molecule has 0 spiro atoms. The first-order chi connectivity index (χ1) is 11.4.